The molecule has 2 aromatic carbocycles. The minimum Gasteiger partial charge on any atom is -0.287 e. The fourth-order valence-electron chi connectivity index (χ4n) is 3.26. The van der Waals surface area contributed by atoms with E-state index < -0.39 is 0 Å². The molecule has 0 aromatic heterocycles. The third kappa shape index (κ3) is 2.81. The molecule has 2 heteroatoms. The fourth-order valence-corrected chi connectivity index (χ4v) is 3.26. The second kappa shape index (κ2) is 5.53. The summed E-state index contributed by atoms with van der Waals surface area (Å²) in [4.78, 5) is 6.50. The van der Waals surface area contributed by atoms with Crippen LogP contribution in [0.5, 0.6) is 0 Å². The van der Waals surface area contributed by atoms with Crippen molar-refractivity contribution in [2.45, 2.75) is 51.3 Å². The summed E-state index contributed by atoms with van der Waals surface area (Å²) in [5.74, 6) is 0. The van der Waals surface area contributed by atoms with E-state index in [1.807, 2.05) is 0 Å². The van der Waals surface area contributed by atoms with Crippen LogP contribution in [0.1, 0.15) is 51.3 Å². The fraction of sp³-hybridized carbons (Fsp3) is 0.400. The van der Waals surface area contributed by atoms with E-state index in [0.29, 0.717) is 0 Å². The smallest absolute Gasteiger partial charge is 0.114 e. The third-order valence-corrected chi connectivity index (χ3v) is 4.40. The lowest BCUT2D eigenvalue weighted by atomic mass is 9.87. The minimum atomic E-state index is -0.283. The molecule has 116 valence electrons. The van der Waals surface area contributed by atoms with Crippen LogP contribution in [0.3, 0.4) is 0 Å². The molecular formula is C20H25NO. The third-order valence-electron chi connectivity index (χ3n) is 4.40. The van der Waals surface area contributed by atoms with Crippen LogP contribution in [0.2, 0.25) is 0 Å². The number of rotatable bonds is 2. The summed E-state index contributed by atoms with van der Waals surface area (Å²) in [5.41, 5.74) is 2.22. The van der Waals surface area contributed by atoms with Gasteiger partial charge in [0.2, 0.25) is 0 Å². The topological polar surface area (TPSA) is 12.5 Å². The molecule has 0 bridgehead atoms. The summed E-state index contributed by atoms with van der Waals surface area (Å²) in [6, 6.07) is 21.5. The molecule has 2 atom stereocenters. The van der Waals surface area contributed by atoms with E-state index in [-0.39, 0.29) is 17.2 Å². The highest BCUT2D eigenvalue weighted by atomic mass is 16.7. The summed E-state index contributed by atoms with van der Waals surface area (Å²) in [6.07, 6.45) is 0.957. The Morgan fingerprint density at radius 2 is 1.50 bits per heavy atom. The van der Waals surface area contributed by atoms with Crippen molar-refractivity contribution >= 4 is 0 Å². The van der Waals surface area contributed by atoms with Gasteiger partial charge in [0.25, 0.3) is 0 Å². The van der Waals surface area contributed by atoms with Gasteiger partial charge in [0.05, 0.1) is 6.04 Å². The highest BCUT2D eigenvalue weighted by Crippen LogP contribution is 2.48. The number of hydrogen-bond donors (Lipinski definition) is 0. The van der Waals surface area contributed by atoms with Gasteiger partial charge in [-0.25, -0.2) is 0 Å². The normalized spacial score (nSPS) is 26.3. The van der Waals surface area contributed by atoms with E-state index in [2.05, 4.69) is 93.4 Å². The van der Waals surface area contributed by atoms with E-state index in [1.165, 1.54) is 11.1 Å². The van der Waals surface area contributed by atoms with Crippen molar-refractivity contribution in [3.63, 3.8) is 0 Å². The standard InChI is InChI=1S/C20H25NO/c1-19(2,3)21-18(16-11-7-5-8-12-16)15-20(4,22-21)17-13-9-6-10-14-17/h5-14,18H,15H2,1-4H3/t18-,20+/m1/s1. The predicted octanol–water partition coefficient (Wildman–Crippen LogP) is 5.08. The first kappa shape index (κ1) is 15.3. The molecule has 2 aromatic rings. The average molecular weight is 295 g/mol. The molecule has 1 aliphatic heterocycles. The van der Waals surface area contributed by atoms with Crippen molar-refractivity contribution in [3.05, 3.63) is 71.8 Å². The van der Waals surface area contributed by atoms with Crippen molar-refractivity contribution in [1.82, 2.24) is 5.06 Å². The van der Waals surface area contributed by atoms with Crippen molar-refractivity contribution in [3.8, 4) is 0 Å². The first-order valence-electron chi connectivity index (χ1n) is 7.99. The molecule has 1 fully saturated rings. The zero-order valence-corrected chi connectivity index (χ0v) is 13.9. The molecule has 0 spiro atoms. The van der Waals surface area contributed by atoms with Gasteiger partial charge in [-0.15, -0.1) is 0 Å². The van der Waals surface area contributed by atoms with Crippen molar-refractivity contribution in [1.29, 1.82) is 0 Å². The van der Waals surface area contributed by atoms with Crippen LogP contribution in [-0.2, 0) is 10.4 Å². The Balaban J connectivity index is 1.99. The molecule has 0 aliphatic carbocycles. The molecule has 0 unspecified atom stereocenters. The molecule has 1 aliphatic rings. The van der Waals surface area contributed by atoms with Gasteiger partial charge in [-0.3, -0.25) is 4.84 Å². The molecule has 0 saturated carbocycles. The quantitative estimate of drug-likeness (QED) is 0.766. The second-order valence-electron chi connectivity index (χ2n) is 7.32. The van der Waals surface area contributed by atoms with Crippen molar-refractivity contribution < 1.29 is 4.84 Å². The van der Waals surface area contributed by atoms with Crippen LogP contribution in [0, 0.1) is 0 Å². The van der Waals surface area contributed by atoms with Crippen molar-refractivity contribution in [2.75, 3.05) is 0 Å². The Bertz CT molecular complexity index is 617. The molecule has 2 nitrogen and oxygen atoms in total. The maximum absolute atomic E-state index is 6.50. The average Bonchev–Trinajstić information content (AvgIpc) is 2.89. The first-order valence-corrected chi connectivity index (χ1v) is 7.99. The molecule has 3 rings (SSSR count). The minimum absolute atomic E-state index is 0.0486. The Hall–Kier alpha value is -1.64. The molecule has 1 saturated heterocycles. The Morgan fingerprint density at radius 3 is 2.05 bits per heavy atom. The lowest BCUT2D eigenvalue weighted by Crippen LogP contribution is -2.41. The van der Waals surface area contributed by atoms with Gasteiger partial charge in [0.1, 0.15) is 5.60 Å². The first-order chi connectivity index (χ1) is 10.4. The van der Waals surface area contributed by atoms with Gasteiger partial charge in [-0.05, 0) is 38.8 Å². The Labute approximate surface area is 133 Å². The van der Waals surface area contributed by atoms with Crippen molar-refractivity contribution in [2.24, 2.45) is 0 Å². The number of hydroxylamine groups is 2. The van der Waals surface area contributed by atoms with Gasteiger partial charge in [-0.1, -0.05) is 60.7 Å². The highest BCUT2D eigenvalue weighted by molar-refractivity contribution is 5.27. The van der Waals surface area contributed by atoms with Gasteiger partial charge in [0, 0.05) is 12.0 Å². The van der Waals surface area contributed by atoms with Gasteiger partial charge in [0.15, 0.2) is 0 Å². The molecule has 1 heterocycles. The Morgan fingerprint density at radius 1 is 0.955 bits per heavy atom. The lowest BCUT2D eigenvalue weighted by molar-refractivity contribution is -0.246. The highest BCUT2D eigenvalue weighted by Gasteiger charge is 2.47. The van der Waals surface area contributed by atoms with Crippen LogP contribution < -0.4 is 0 Å². The van der Waals surface area contributed by atoms with Gasteiger partial charge in [-0.2, -0.15) is 5.06 Å². The summed E-state index contributed by atoms with van der Waals surface area (Å²) in [5, 5.41) is 2.18. The summed E-state index contributed by atoms with van der Waals surface area (Å²) in [6.45, 7) is 8.82. The maximum atomic E-state index is 6.50. The summed E-state index contributed by atoms with van der Waals surface area (Å²) in [7, 11) is 0. The summed E-state index contributed by atoms with van der Waals surface area (Å²) < 4.78 is 0. The molecule has 22 heavy (non-hydrogen) atoms. The van der Waals surface area contributed by atoms with Crippen LogP contribution in [-0.4, -0.2) is 10.6 Å². The zero-order valence-electron chi connectivity index (χ0n) is 13.9. The van der Waals surface area contributed by atoms with E-state index >= 15 is 0 Å². The largest absolute Gasteiger partial charge is 0.287 e. The monoisotopic (exact) mass is 295 g/mol. The number of benzene rings is 2. The van der Waals surface area contributed by atoms with Gasteiger partial charge >= 0.3 is 0 Å². The van der Waals surface area contributed by atoms with Crippen LogP contribution in [0.25, 0.3) is 0 Å². The number of hydrogen-bond acceptors (Lipinski definition) is 2. The van der Waals surface area contributed by atoms with Crippen LogP contribution >= 0.6 is 0 Å². The van der Waals surface area contributed by atoms with Crippen LogP contribution in [0.4, 0.5) is 0 Å². The van der Waals surface area contributed by atoms with Gasteiger partial charge < -0.3 is 0 Å². The molecule has 0 amide bonds. The van der Waals surface area contributed by atoms with E-state index in [9.17, 15) is 0 Å². The molecule has 0 radical (unpaired) electrons. The molecular weight excluding hydrogens is 270 g/mol. The second-order valence-corrected chi connectivity index (χ2v) is 7.32. The zero-order chi connectivity index (χ0) is 15.8. The molecule has 0 N–H and O–H groups in total. The predicted molar refractivity (Wildman–Crippen MR) is 90.3 cm³/mol. The summed E-state index contributed by atoms with van der Waals surface area (Å²) >= 11 is 0. The SMILES string of the molecule is CC(C)(C)N1O[C@](C)(c2ccccc2)C[C@@H]1c1ccccc1. The van der Waals surface area contributed by atoms with E-state index in [0.717, 1.165) is 6.42 Å². The maximum Gasteiger partial charge on any atom is 0.114 e. The van der Waals surface area contributed by atoms with E-state index in [4.69, 9.17) is 4.84 Å². The lowest BCUT2D eigenvalue weighted by Gasteiger charge is -2.36. The van der Waals surface area contributed by atoms with Crippen LogP contribution in [0.15, 0.2) is 60.7 Å². The Kier molecular flexibility index (Phi) is 3.84. The van der Waals surface area contributed by atoms with E-state index in [1.54, 1.807) is 0 Å². The number of nitrogens with zero attached hydrogens (tertiary/aromatic N) is 1.